The fourth-order valence-corrected chi connectivity index (χ4v) is 5.73. The number of H-pyrrole nitrogens is 1. The minimum Gasteiger partial charge on any atom is -0.506 e. The zero-order chi connectivity index (χ0) is 32.0. The third kappa shape index (κ3) is 6.90. The van der Waals surface area contributed by atoms with Crippen LogP contribution in [0.5, 0.6) is 5.75 Å². The first-order valence-electron chi connectivity index (χ1n) is 15.1. The molecular weight excluding hydrogens is 584 g/mol. The molecule has 0 radical (unpaired) electrons. The summed E-state index contributed by atoms with van der Waals surface area (Å²) < 4.78 is 1.90. The maximum absolute atomic E-state index is 11.7. The second kappa shape index (κ2) is 13.6. The molecule has 0 saturated heterocycles. The third-order valence-corrected chi connectivity index (χ3v) is 8.01. The van der Waals surface area contributed by atoms with E-state index < -0.39 is 12.2 Å². The van der Waals surface area contributed by atoms with Gasteiger partial charge < -0.3 is 25.6 Å². The number of aromatic amines is 1. The molecule has 1 unspecified atom stereocenters. The Labute approximate surface area is 264 Å². The highest BCUT2D eigenvalue weighted by atomic mass is 16.4. The Bertz CT molecular complexity index is 2060. The van der Waals surface area contributed by atoms with Gasteiger partial charge in [-0.2, -0.15) is 0 Å². The molecule has 46 heavy (non-hydrogen) atoms. The Kier molecular flexibility index (Phi) is 9.04. The van der Waals surface area contributed by atoms with E-state index in [4.69, 9.17) is 0 Å². The number of aliphatic hydroxyl groups excluding tert-OH is 1. The first kappa shape index (κ1) is 30.5. The van der Waals surface area contributed by atoms with Crippen molar-refractivity contribution in [2.24, 2.45) is 0 Å². The number of unbranched alkanes of at least 4 members (excludes halogenated alkanes) is 1. The number of hydrogen-bond acceptors (Lipinski definition) is 7. The second-order valence-electron chi connectivity index (χ2n) is 11.2. The molecule has 0 aliphatic carbocycles. The van der Waals surface area contributed by atoms with Crippen molar-refractivity contribution in [2.45, 2.75) is 38.5 Å². The van der Waals surface area contributed by atoms with Crippen LogP contribution in [0.3, 0.4) is 0 Å². The molecule has 0 aliphatic rings. The summed E-state index contributed by atoms with van der Waals surface area (Å²) in [6, 6.07) is 27.7. The Morgan fingerprint density at radius 1 is 0.935 bits per heavy atom. The van der Waals surface area contributed by atoms with Crippen LogP contribution in [0.25, 0.3) is 33.1 Å². The summed E-state index contributed by atoms with van der Waals surface area (Å²) in [5.41, 5.74) is 6.74. The number of aliphatic hydroxyl groups is 1. The van der Waals surface area contributed by atoms with Gasteiger partial charge in [-0.1, -0.05) is 59.8 Å². The molecule has 234 valence electrons. The van der Waals surface area contributed by atoms with Crippen LogP contribution < -0.4 is 16.2 Å². The largest absolute Gasteiger partial charge is 0.506 e. The van der Waals surface area contributed by atoms with Gasteiger partial charge >= 0.3 is 6.09 Å². The molecule has 0 saturated carbocycles. The number of phenolic OH excluding ortho intramolecular Hbond substituents is 1. The van der Waals surface area contributed by atoms with Crippen LogP contribution in [0.2, 0.25) is 0 Å². The number of pyridine rings is 1. The average Bonchev–Trinajstić information content (AvgIpc) is 3.46. The zero-order valence-corrected chi connectivity index (χ0v) is 25.0. The van der Waals surface area contributed by atoms with Crippen LogP contribution in [0.1, 0.15) is 35.6 Å². The maximum atomic E-state index is 11.7. The number of anilines is 1. The third-order valence-electron chi connectivity index (χ3n) is 8.01. The minimum atomic E-state index is -1.09. The van der Waals surface area contributed by atoms with Gasteiger partial charge in [0.15, 0.2) is 0 Å². The molecule has 0 fully saturated rings. The number of carboxylic acid groups (broad SMARTS) is 1. The van der Waals surface area contributed by atoms with Crippen LogP contribution >= 0.6 is 0 Å². The normalized spacial score (nSPS) is 12.0. The Morgan fingerprint density at radius 3 is 2.59 bits per heavy atom. The van der Waals surface area contributed by atoms with Gasteiger partial charge in [0.2, 0.25) is 5.56 Å². The first-order valence-corrected chi connectivity index (χ1v) is 15.1. The van der Waals surface area contributed by atoms with Gasteiger partial charge in [0.05, 0.1) is 22.8 Å². The number of aryl methyl sites for hydroxylation is 2. The summed E-state index contributed by atoms with van der Waals surface area (Å²) in [4.78, 5) is 25.7. The molecule has 11 nitrogen and oxygen atoms in total. The van der Waals surface area contributed by atoms with Gasteiger partial charge in [-0.3, -0.25) is 10.1 Å². The average molecular weight is 619 g/mol. The van der Waals surface area contributed by atoms with Crippen LogP contribution in [0.4, 0.5) is 10.5 Å². The van der Waals surface area contributed by atoms with E-state index in [9.17, 15) is 24.9 Å². The standard InChI is InChI=1S/C35H34N6O5/c42-31-15-12-26(27-13-16-33(44)38-34(27)31)32(43)21-36-20-23-10-14-30-29(19-23)39-40-41(30)17-5-4-6-22-9-11-25(24-7-2-1-3-8-24)28(18-22)37-35(45)46/h1-3,7-16,18-19,32,36-37,42-43H,4-6,17,20-21H2,(H,38,44)(H,45,46). The molecule has 6 N–H and O–H groups in total. The number of nitrogens with one attached hydrogen (secondary N) is 3. The molecule has 0 aliphatic heterocycles. The summed E-state index contributed by atoms with van der Waals surface area (Å²) in [6.07, 6.45) is 0.638. The molecule has 11 heteroatoms. The van der Waals surface area contributed by atoms with Gasteiger partial charge in [0.25, 0.3) is 0 Å². The number of carbonyl (C=O) groups is 1. The van der Waals surface area contributed by atoms with Crippen LogP contribution in [0.15, 0.2) is 95.8 Å². The molecule has 2 heterocycles. The van der Waals surface area contributed by atoms with E-state index in [-0.39, 0.29) is 17.9 Å². The number of hydrogen-bond donors (Lipinski definition) is 6. The molecule has 0 bridgehead atoms. The van der Waals surface area contributed by atoms with E-state index in [1.54, 1.807) is 12.1 Å². The van der Waals surface area contributed by atoms with E-state index in [2.05, 4.69) is 25.9 Å². The Balaban J connectivity index is 1.02. The second-order valence-corrected chi connectivity index (χ2v) is 11.2. The number of amides is 1. The van der Waals surface area contributed by atoms with Crippen molar-refractivity contribution < 1.29 is 20.1 Å². The van der Waals surface area contributed by atoms with Crippen molar-refractivity contribution in [1.29, 1.82) is 0 Å². The van der Waals surface area contributed by atoms with E-state index in [0.717, 1.165) is 52.5 Å². The number of benzene rings is 4. The molecule has 6 aromatic rings. The maximum Gasteiger partial charge on any atom is 0.409 e. The van der Waals surface area contributed by atoms with Crippen LogP contribution in [-0.2, 0) is 19.5 Å². The van der Waals surface area contributed by atoms with Crippen LogP contribution in [-0.4, -0.2) is 47.9 Å². The molecule has 6 rings (SSSR count). The molecule has 1 atom stereocenters. The predicted molar refractivity (Wildman–Crippen MR) is 177 cm³/mol. The van der Waals surface area contributed by atoms with Gasteiger partial charge in [0.1, 0.15) is 11.3 Å². The lowest BCUT2D eigenvalue weighted by Gasteiger charge is -2.15. The highest BCUT2D eigenvalue weighted by molar-refractivity contribution is 5.91. The topological polar surface area (TPSA) is 165 Å². The molecule has 0 spiro atoms. The van der Waals surface area contributed by atoms with Gasteiger partial charge in [-0.25, -0.2) is 9.48 Å². The predicted octanol–water partition coefficient (Wildman–Crippen LogP) is 5.58. The quantitative estimate of drug-likeness (QED) is 0.0967. The molecule has 2 aromatic heterocycles. The molecular formula is C35H34N6O5. The van der Waals surface area contributed by atoms with Crippen molar-refractivity contribution >= 4 is 33.7 Å². The lowest BCUT2D eigenvalue weighted by molar-refractivity contribution is 0.176. The van der Waals surface area contributed by atoms with Crippen molar-refractivity contribution in [2.75, 3.05) is 11.9 Å². The number of rotatable bonds is 12. The van der Waals surface area contributed by atoms with E-state index in [1.165, 1.54) is 12.1 Å². The first-order chi connectivity index (χ1) is 22.4. The summed E-state index contributed by atoms with van der Waals surface area (Å²) in [5.74, 6) is -0.0455. The van der Waals surface area contributed by atoms with Crippen LogP contribution in [0, 0.1) is 0 Å². The Morgan fingerprint density at radius 2 is 1.76 bits per heavy atom. The fourth-order valence-electron chi connectivity index (χ4n) is 5.73. The Hall–Kier alpha value is -5.52. The molecule has 4 aromatic carbocycles. The summed E-state index contributed by atoms with van der Waals surface area (Å²) in [7, 11) is 0. The van der Waals surface area contributed by atoms with E-state index in [1.807, 2.05) is 71.4 Å². The highest BCUT2D eigenvalue weighted by Gasteiger charge is 2.14. The minimum absolute atomic E-state index is 0.0455. The fraction of sp³-hybridized carbons (Fsp3) is 0.200. The number of nitrogens with zero attached hydrogens (tertiary/aromatic N) is 3. The SMILES string of the molecule is O=C(O)Nc1cc(CCCCn2nnc3cc(CNCC(O)c4ccc(O)c5[nH]c(=O)ccc45)ccc32)ccc1-c1ccccc1. The lowest BCUT2D eigenvalue weighted by Crippen LogP contribution is -2.21. The van der Waals surface area contributed by atoms with Gasteiger partial charge in [0, 0.05) is 36.7 Å². The summed E-state index contributed by atoms with van der Waals surface area (Å²) >= 11 is 0. The van der Waals surface area contributed by atoms with Gasteiger partial charge in [-0.05, 0) is 71.8 Å². The number of phenols is 1. The summed E-state index contributed by atoms with van der Waals surface area (Å²) in [6.45, 7) is 1.48. The van der Waals surface area contributed by atoms with E-state index >= 15 is 0 Å². The number of aromatic nitrogens is 4. The molecule has 1 amide bonds. The van der Waals surface area contributed by atoms with Crippen molar-refractivity contribution in [3.05, 3.63) is 118 Å². The monoisotopic (exact) mass is 618 g/mol. The lowest BCUT2D eigenvalue weighted by atomic mass is 9.99. The number of fused-ring (bicyclic) bond motifs is 2. The number of aromatic hydroxyl groups is 1. The van der Waals surface area contributed by atoms with Crippen molar-refractivity contribution in [3.8, 4) is 16.9 Å². The van der Waals surface area contributed by atoms with Crippen molar-refractivity contribution in [3.63, 3.8) is 0 Å². The van der Waals surface area contributed by atoms with E-state index in [0.29, 0.717) is 35.2 Å². The summed E-state index contributed by atoms with van der Waals surface area (Å²) in [5, 5.41) is 45.4. The smallest absolute Gasteiger partial charge is 0.409 e. The van der Waals surface area contributed by atoms with Gasteiger partial charge in [-0.15, -0.1) is 5.10 Å². The highest BCUT2D eigenvalue weighted by Crippen LogP contribution is 2.30. The zero-order valence-electron chi connectivity index (χ0n) is 25.0. The van der Waals surface area contributed by atoms with Crippen molar-refractivity contribution in [1.82, 2.24) is 25.3 Å².